The van der Waals surface area contributed by atoms with Crippen molar-refractivity contribution in [3.05, 3.63) is 102 Å². The van der Waals surface area contributed by atoms with Crippen LogP contribution in [0.15, 0.2) is 101 Å². The van der Waals surface area contributed by atoms with Gasteiger partial charge in [0, 0.05) is 9.79 Å². The Bertz CT molecular complexity index is 1320. The second kappa shape index (κ2) is 10.3. The standard InChI is InChI=1S/C26H26NO5PS/c1-26(27,18-32-33(28,29)30)22-12-10-21-15-25(13-11-20(21)14-22)34-24-9-5-8-23(16-24)31-17-19-6-3-2-4-7-19/h2-16H,17-18,27H2,1H3,(H2,28,29,30). The number of nitrogens with two attached hydrogens (primary N) is 1. The first-order chi connectivity index (χ1) is 16.2. The summed E-state index contributed by atoms with van der Waals surface area (Å²) < 4.78 is 21.6. The van der Waals surface area contributed by atoms with Gasteiger partial charge >= 0.3 is 7.82 Å². The smallest absolute Gasteiger partial charge is 0.469 e. The summed E-state index contributed by atoms with van der Waals surface area (Å²) in [5, 5.41) is 2.02. The summed E-state index contributed by atoms with van der Waals surface area (Å²) in [4.78, 5) is 20.1. The third-order valence-electron chi connectivity index (χ3n) is 5.29. The van der Waals surface area contributed by atoms with Crippen LogP contribution in [0.4, 0.5) is 0 Å². The van der Waals surface area contributed by atoms with Gasteiger partial charge in [0.2, 0.25) is 0 Å². The van der Waals surface area contributed by atoms with E-state index in [9.17, 15) is 4.57 Å². The highest BCUT2D eigenvalue weighted by Crippen LogP contribution is 2.38. The van der Waals surface area contributed by atoms with Crippen LogP contribution in [-0.4, -0.2) is 16.4 Å². The average molecular weight is 496 g/mol. The quantitative estimate of drug-likeness (QED) is 0.250. The first-order valence-electron chi connectivity index (χ1n) is 10.7. The zero-order chi connectivity index (χ0) is 24.2. The highest BCUT2D eigenvalue weighted by Gasteiger charge is 2.26. The molecule has 1 atom stereocenters. The number of hydrogen-bond donors (Lipinski definition) is 3. The van der Waals surface area contributed by atoms with E-state index < -0.39 is 13.4 Å². The number of phosphoric acid groups is 1. The lowest BCUT2D eigenvalue weighted by atomic mass is 9.92. The SMILES string of the molecule is CC(N)(COP(=O)(O)O)c1ccc2cc(Sc3cccc(OCc4ccccc4)c3)ccc2c1. The van der Waals surface area contributed by atoms with Crippen LogP contribution in [0.2, 0.25) is 0 Å². The van der Waals surface area contributed by atoms with Crippen molar-refractivity contribution in [1.82, 2.24) is 0 Å². The van der Waals surface area contributed by atoms with Gasteiger partial charge in [0.15, 0.2) is 0 Å². The Morgan fingerprint density at radius 1 is 0.882 bits per heavy atom. The molecule has 0 aliphatic rings. The lowest BCUT2D eigenvalue weighted by Crippen LogP contribution is -2.37. The van der Waals surface area contributed by atoms with Crippen molar-refractivity contribution >= 4 is 30.4 Å². The van der Waals surface area contributed by atoms with Gasteiger partial charge in [-0.1, -0.05) is 66.4 Å². The Labute approximate surface area is 203 Å². The van der Waals surface area contributed by atoms with Gasteiger partial charge in [0.25, 0.3) is 0 Å². The molecule has 0 heterocycles. The van der Waals surface area contributed by atoms with Crippen LogP contribution in [0.3, 0.4) is 0 Å². The number of phosphoric ester groups is 1. The topological polar surface area (TPSA) is 102 Å². The Morgan fingerprint density at radius 3 is 2.35 bits per heavy atom. The fraction of sp³-hybridized carbons (Fsp3) is 0.154. The van der Waals surface area contributed by atoms with Crippen molar-refractivity contribution in [2.75, 3.05) is 6.61 Å². The van der Waals surface area contributed by atoms with Crippen molar-refractivity contribution in [1.29, 1.82) is 0 Å². The molecule has 0 aliphatic carbocycles. The third-order valence-corrected chi connectivity index (χ3v) is 6.74. The monoisotopic (exact) mass is 495 g/mol. The summed E-state index contributed by atoms with van der Waals surface area (Å²) in [5.41, 5.74) is 7.08. The number of fused-ring (bicyclic) bond motifs is 1. The van der Waals surface area contributed by atoms with Crippen LogP contribution in [0, 0.1) is 0 Å². The average Bonchev–Trinajstić information content (AvgIpc) is 2.82. The van der Waals surface area contributed by atoms with Crippen molar-refractivity contribution in [3.63, 3.8) is 0 Å². The highest BCUT2D eigenvalue weighted by molar-refractivity contribution is 7.99. The van der Waals surface area contributed by atoms with Crippen LogP contribution in [0.5, 0.6) is 5.75 Å². The van der Waals surface area contributed by atoms with Gasteiger partial charge in [-0.15, -0.1) is 0 Å². The van der Waals surface area contributed by atoms with Crippen LogP contribution in [-0.2, 0) is 21.2 Å². The molecule has 0 saturated heterocycles. The summed E-state index contributed by atoms with van der Waals surface area (Å²) in [6.45, 7) is 1.91. The second-order valence-electron chi connectivity index (χ2n) is 8.26. The molecule has 0 saturated carbocycles. The molecule has 4 aromatic rings. The van der Waals surface area contributed by atoms with E-state index in [2.05, 4.69) is 10.6 Å². The Hall–Kier alpha value is -2.64. The van der Waals surface area contributed by atoms with Gasteiger partial charge in [-0.05, 0) is 65.2 Å². The van der Waals surface area contributed by atoms with Crippen LogP contribution < -0.4 is 10.5 Å². The van der Waals surface area contributed by atoms with E-state index in [1.807, 2.05) is 84.9 Å². The van der Waals surface area contributed by atoms with Crippen molar-refractivity contribution in [3.8, 4) is 5.75 Å². The first kappa shape index (κ1) is 24.5. The molecule has 6 nitrogen and oxygen atoms in total. The highest BCUT2D eigenvalue weighted by atomic mass is 32.2. The lowest BCUT2D eigenvalue weighted by Gasteiger charge is -2.25. The summed E-state index contributed by atoms with van der Waals surface area (Å²) in [6, 6.07) is 30.0. The maximum atomic E-state index is 11.0. The largest absolute Gasteiger partial charge is 0.489 e. The molecular formula is C26H26NO5PS. The maximum absolute atomic E-state index is 11.0. The van der Waals surface area contributed by atoms with E-state index in [-0.39, 0.29) is 6.61 Å². The Kier molecular flexibility index (Phi) is 7.43. The van der Waals surface area contributed by atoms with E-state index in [4.69, 9.17) is 20.3 Å². The van der Waals surface area contributed by atoms with Gasteiger partial charge < -0.3 is 20.3 Å². The fourth-order valence-corrected chi connectivity index (χ4v) is 4.80. The maximum Gasteiger partial charge on any atom is 0.469 e. The Balaban J connectivity index is 1.46. The molecule has 0 radical (unpaired) electrons. The summed E-state index contributed by atoms with van der Waals surface area (Å²) in [5.74, 6) is 0.819. The van der Waals surface area contributed by atoms with E-state index in [1.165, 1.54) is 0 Å². The molecule has 0 spiro atoms. The Morgan fingerprint density at radius 2 is 1.59 bits per heavy atom. The van der Waals surface area contributed by atoms with E-state index in [1.54, 1.807) is 18.7 Å². The van der Waals surface area contributed by atoms with Gasteiger partial charge in [-0.25, -0.2) is 4.57 Å². The summed E-state index contributed by atoms with van der Waals surface area (Å²) >= 11 is 1.65. The van der Waals surface area contributed by atoms with Gasteiger partial charge in [-0.3, -0.25) is 4.52 Å². The first-order valence-corrected chi connectivity index (χ1v) is 13.0. The van der Waals surface area contributed by atoms with Gasteiger partial charge in [0.1, 0.15) is 12.4 Å². The molecule has 34 heavy (non-hydrogen) atoms. The lowest BCUT2D eigenvalue weighted by molar-refractivity contribution is 0.158. The van der Waals surface area contributed by atoms with Crippen molar-refractivity contribution in [2.45, 2.75) is 28.9 Å². The number of ether oxygens (including phenoxy) is 1. The molecule has 0 bridgehead atoms. The number of benzene rings is 4. The predicted octanol–water partition coefficient (Wildman–Crippen LogP) is 5.85. The van der Waals surface area contributed by atoms with Crippen molar-refractivity contribution < 1.29 is 23.6 Å². The molecule has 1 unspecified atom stereocenters. The molecule has 4 N–H and O–H groups in total. The minimum Gasteiger partial charge on any atom is -0.489 e. The second-order valence-corrected chi connectivity index (χ2v) is 10.6. The molecule has 0 aliphatic heterocycles. The molecule has 0 fully saturated rings. The zero-order valence-electron chi connectivity index (χ0n) is 18.6. The molecular weight excluding hydrogens is 469 g/mol. The van der Waals surface area contributed by atoms with E-state index in [0.717, 1.165) is 37.4 Å². The molecule has 8 heteroatoms. The normalized spacial score (nSPS) is 13.5. The van der Waals surface area contributed by atoms with Crippen LogP contribution >= 0.6 is 19.6 Å². The zero-order valence-corrected chi connectivity index (χ0v) is 20.3. The van der Waals surface area contributed by atoms with E-state index in [0.29, 0.717) is 6.61 Å². The van der Waals surface area contributed by atoms with Gasteiger partial charge in [-0.2, -0.15) is 0 Å². The molecule has 0 aromatic heterocycles. The van der Waals surface area contributed by atoms with Gasteiger partial charge in [0.05, 0.1) is 12.1 Å². The molecule has 0 amide bonds. The molecule has 176 valence electrons. The minimum absolute atomic E-state index is 0.292. The van der Waals surface area contributed by atoms with Crippen LogP contribution in [0.25, 0.3) is 10.8 Å². The predicted molar refractivity (Wildman–Crippen MR) is 135 cm³/mol. The van der Waals surface area contributed by atoms with E-state index >= 15 is 0 Å². The minimum atomic E-state index is -4.59. The number of rotatable bonds is 9. The number of hydrogen-bond acceptors (Lipinski definition) is 5. The molecule has 4 aromatic carbocycles. The third kappa shape index (κ3) is 6.70. The summed E-state index contributed by atoms with van der Waals surface area (Å²) in [7, 11) is -4.59. The summed E-state index contributed by atoms with van der Waals surface area (Å²) in [6.07, 6.45) is 0. The van der Waals surface area contributed by atoms with Crippen LogP contribution in [0.1, 0.15) is 18.1 Å². The fourth-order valence-electron chi connectivity index (χ4n) is 3.45. The molecule has 4 rings (SSSR count). The van der Waals surface area contributed by atoms with Crippen molar-refractivity contribution in [2.24, 2.45) is 5.73 Å².